The van der Waals surface area contributed by atoms with Crippen molar-refractivity contribution in [2.75, 3.05) is 7.11 Å². The molecule has 0 spiro atoms. The molecule has 150 valence electrons. The Morgan fingerprint density at radius 1 is 1.00 bits per heavy atom. The molecule has 8 heteroatoms. The average molecular weight is 431 g/mol. The number of nitrogens with zero attached hydrogens (tertiary/aromatic N) is 1. The highest BCUT2D eigenvalue weighted by atomic mass is 35.5. The standard InChI is InChI=1S/C21H19ClN2O4S/c1-27-21-13-16(14-23-24-29(25,26)18-8-3-2-4-9-18)11-12-20(21)28-15-17-7-5-6-10-19(17)22/h2-14,24H,15H2,1H3/b23-14+. The molecule has 0 unspecified atom stereocenters. The summed E-state index contributed by atoms with van der Waals surface area (Å²) in [6, 6.07) is 20.6. The van der Waals surface area contributed by atoms with Gasteiger partial charge in [-0.15, -0.1) is 0 Å². The number of nitrogens with one attached hydrogen (secondary N) is 1. The van der Waals surface area contributed by atoms with E-state index in [0.717, 1.165) is 5.56 Å². The van der Waals surface area contributed by atoms with E-state index in [1.165, 1.54) is 25.5 Å². The molecule has 0 radical (unpaired) electrons. The summed E-state index contributed by atoms with van der Waals surface area (Å²) in [5.41, 5.74) is 1.50. The van der Waals surface area contributed by atoms with Crippen LogP contribution in [0.15, 0.2) is 82.8 Å². The zero-order valence-corrected chi connectivity index (χ0v) is 17.2. The van der Waals surface area contributed by atoms with Crippen LogP contribution in [0, 0.1) is 0 Å². The molecule has 6 nitrogen and oxygen atoms in total. The molecule has 0 aliphatic heterocycles. The van der Waals surface area contributed by atoms with E-state index in [-0.39, 0.29) is 4.90 Å². The third-order valence-electron chi connectivity index (χ3n) is 3.97. The van der Waals surface area contributed by atoms with Gasteiger partial charge in [-0.2, -0.15) is 13.5 Å². The lowest BCUT2D eigenvalue weighted by molar-refractivity contribution is 0.284. The van der Waals surface area contributed by atoms with Gasteiger partial charge in [-0.25, -0.2) is 4.83 Å². The molecule has 0 atom stereocenters. The van der Waals surface area contributed by atoms with Crippen molar-refractivity contribution in [3.63, 3.8) is 0 Å². The molecule has 3 aromatic carbocycles. The zero-order valence-electron chi connectivity index (χ0n) is 15.6. The van der Waals surface area contributed by atoms with E-state index in [0.29, 0.717) is 28.7 Å². The van der Waals surface area contributed by atoms with Gasteiger partial charge in [-0.1, -0.05) is 48.0 Å². The first-order valence-corrected chi connectivity index (χ1v) is 10.5. The minimum atomic E-state index is -3.71. The molecule has 0 amide bonds. The molecule has 0 aliphatic rings. The normalized spacial score (nSPS) is 11.4. The number of methoxy groups -OCH3 is 1. The first kappa shape index (κ1) is 20.7. The fraction of sp³-hybridized carbons (Fsp3) is 0.0952. The van der Waals surface area contributed by atoms with Gasteiger partial charge in [0.05, 0.1) is 18.2 Å². The maximum Gasteiger partial charge on any atom is 0.276 e. The number of hydrogen-bond acceptors (Lipinski definition) is 5. The van der Waals surface area contributed by atoms with Crippen molar-refractivity contribution in [2.45, 2.75) is 11.5 Å². The van der Waals surface area contributed by atoms with Gasteiger partial charge >= 0.3 is 0 Å². The minimum absolute atomic E-state index is 0.137. The zero-order chi connectivity index (χ0) is 20.7. The second-order valence-corrected chi connectivity index (χ2v) is 8.02. The first-order chi connectivity index (χ1) is 14.0. The summed E-state index contributed by atoms with van der Waals surface area (Å²) in [4.78, 5) is 2.32. The molecule has 0 fully saturated rings. The van der Waals surface area contributed by atoms with Gasteiger partial charge in [-0.3, -0.25) is 0 Å². The highest BCUT2D eigenvalue weighted by Crippen LogP contribution is 2.29. The molecule has 29 heavy (non-hydrogen) atoms. The molecule has 3 aromatic rings. The Morgan fingerprint density at radius 2 is 1.72 bits per heavy atom. The smallest absolute Gasteiger partial charge is 0.276 e. The van der Waals surface area contributed by atoms with Crippen molar-refractivity contribution >= 4 is 27.8 Å². The molecule has 0 saturated heterocycles. The van der Waals surface area contributed by atoms with E-state index in [2.05, 4.69) is 9.93 Å². The summed E-state index contributed by atoms with van der Waals surface area (Å²) >= 11 is 6.14. The van der Waals surface area contributed by atoms with Gasteiger partial charge in [0.2, 0.25) is 0 Å². The van der Waals surface area contributed by atoms with Crippen molar-refractivity contribution in [3.8, 4) is 11.5 Å². The van der Waals surface area contributed by atoms with E-state index in [1.807, 2.05) is 18.2 Å². The molecule has 0 aliphatic carbocycles. The van der Waals surface area contributed by atoms with E-state index < -0.39 is 10.0 Å². The van der Waals surface area contributed by atoms with Crippen molar-refractivity contribution in [1.82, 2.24) is 4.83 Å². The van der Waals surface area contributed by atoms with Crippen LogP contribution in [-0.4, -0.2) is 21.7 Å². The lowest BCUT2D eigenvalue weighted by Crippen LogP contribution is -2.18. The van der Waals surface area contributed by atoms with E-state index >= 15 is 0 Å². The molecule has 3 rings (SSSR count). The fourth-order valence-corrected chi connectivity index (χ4v) is 3.48. The average Bonchev–Trinajstić information content (AvgIpc) is 2.74. The molecular weight excluding hydrogens is 412 g/mol. The van der Waals surface area contributed by atoms with Gasteiger partial charge in [-0.05, 0) is 42.0 Å². The number of benzene rings is 3. The second-order valence-electron chi connectivity index (χ2n) is 5.96. The SMILES string of the molecule is COc1cc(/C=N/NS(=O)(=O)c2ccccc2)ccc1OCc1ccccc1Cl. The van der Waals surface area contributed by atoms with Gasteiger partial charge in [0.15, 0.2) is 11.5 Å². The number of hydrazone groups is 1. The van der Waals surface area contributed by atoms with Gasteiger partial charge < -0.3 is 9.47 Å². The van der Waals surface area contributed by atoms with Crippen LogP contribution in [0.4, 0.5) is 0 Å². The Kier molecular flexibility index (Phi) is 6.74. The summed E-state index contributed by atoms with van der Waals surface area (Å²) in [5.74, 6) is 1.03. The van der Waals surface area contributed by atoms with Crippen LogP contribution in [0.3, 0.4) is 0 Å². The van der Waals surface area contributed by atoms with Gasteiger partial charge in [0.1, 0.15) is 6.61 Å². The minimum Gasteiger partial charge on any atom is -0.493 e. The molecular formula is C21H19ClN2O4S. The maximum atomic E-state index is 12.2. The van der Waals surface area contributed by atoms with Crippen LogP contribution in [0.5, 0.6) is 11.5 Å². The summed E-state index contributed by atoms with van der Waals surface area (Å²) in [7, 11) is -2.19. The second kappa shape index (κ2) is 9.45. The lowest BCUT2D eigenvalue weighted by atomic mass is 10.2. The number of sulfonamides is 1. The quantitative estimate of drug-likeness (QED) is 0.428. The summed E-state index contributed by atoms with van der Waals surface area (Å²) < 4.78 is 35.5. The summed E-state index contributed by atoms with van der Waals surface area (Å²) in [6.07, 6.45) is 1.39. The molecule has 0 bridgehead atoms. The Morgan fingerprint density at radius 3 is 2.45 bits per heavy atom. The highest BCUT2D eigenvalue weighted by Gasteiger charge is 2.11. The van der Waals surface area contributed by atoms with E-state index in [9.17, 15) is 8.42 Å². The van der Waals surface area contributed by atoms with Crippen LogP contribution in [0.2, 0.25) is 5.02 Å². The number of rotatable bonds is 8. The molecule has 0 saturated carbocycles. The van der Waals surface area contributed by atoms with Crippen molar-refractivity contribution < 1.29 is 17.9 Å². The van der Waals surface area contributed by atoms with E-state index in [4.69, 9.17) is 21.1 Å². The third-order valence-corrected chi connectivity index (χ3v) is 5.58. The largest absolute Gasteiger partial charge is 0.493 e. The lowest BCUT2D eigenvalue weighted by Gasteiger charge is -2.12. The molecule has 0 heterocycles. The van der Waals surface area contributed by atoms with Crippen molar-refractivity contribution in [3.05, 3.63) is 88.9 Å². The molecule has 1 N–H and O–H groups in total. The third kappa shape index (κ3) is 5.49. The topological polar surface area (TPSA) is 77.0 Å². The predicted molar refractivity (Wildman–Crippen MR) is 113 cm³/mol. The highest BCUT2D eigenvalue weighted by molar-refractivity contribution is 7.89. The summed E-state index contributed by atoms with van der Waals surface area (Å²) in [6.45, 7) is 0.292. The van der Waals surface area contributed by atoms with Crippen molar-refractivity contribution in [1.29, 1.82) is 0 Å². The van der Waals surface area contributed by atoms with Crippen molar-refractivity contribution in [2.24, 2.45) is 5.10 Å². The van der Waals surface area contributed by atoms with Crippen LogP contribution >= 0.6 is 11.6 Å². The Balaban J connectivity index is 1.68. The molecule has 0 aromatic heterocycles. The van der Waals surface area contributed by atoms with E-state index in [1.54, 1.807) is 42.5 Å². The number of ether oxygens (including phenoxy) is 2. The van der Waals surface area contributed by atoms with Crippen LogP contribution in [-0.2, 0) is 16.6 Å². The Bertz CT molecular complexity index is 1100. The number of hydrogen-bond donors (Lipinski definition) is 1. The van der Waals surface area contributed by atoms with Crippen LogP contribution in [0.1, 0.15) is 11.1 Å². The fourth-order valence-electron chi connectivity index (χ4n) is 2.48. The monoisotopic (exact) mass is 430 g/mol. The maximum absolute atomic E-state index is 12.2. The predicted octanol–water partition coefficient (Wildman–Crippen LogP) is 4.24. The van der Waals surface area contributed by atoms with Crippen LogP contribution < -0.4 is 14.3 Å². The Hall–Kier alpha value is -3.03. The summed E-state index contributed by atoms with van der Waals surface area (Å²) in [5, 5.41) is 4.45. The first-order valence-electron chi connectivity index (χ1n) is 8.64. The van der Waals surface area contributed by atoms with Crippen LogP contribution in [0.25, 0.3) is 0 Å². The van der Waals surface area contributed by atoms with Gasteiger partial charge in [0, 0.05) is 10.6 Å². The Labute approximate surface area is 174 Å². The van der Waals surface area contributed by atoms with Gasteiger partial charge in [0.25, 0.3) is 10.0 Å². The number of halogens is 1.